The molecule has 0 saturated carbocycles. The fraction of sp³-hybridized carbons (Fsp3) is 0.391. The lowest BCUT2D eigenvalue weighted by atomic mass is 10.1. The van der Waals surface area contributed by atoms with Crippen LogP contribution in [0.5, 0.6) is 11.5 Å². The minimum Gasteiger partial charge on any atom is -0.497 e. The number of carbonyl (C=O) groups is 2. The largest absolute Gasteiger partial charge is 0.497 e. The van der Waals surface area contributed by atoms with Gasteiger partial charge in [0, 0.05) is 25.2 Å². The highest BCUT2D eigenvalue weighted by Crippen LogP contribution is 2.27. The minimum absolute atomic E-state index is 0.0401. The van der Waals surface area contributed by atoms with Gasteiger partial charge in [0.1, 0.15) is 11.5 Å². The van der Waals surface area contributed by atoms with Gasteiger partial charge >= 0.3 is 0 Å². The molecule has 0 spiro atoms. The smallest absolute Gasteiger partial charge is 0.227 e. The van der Waals surface area contributed by atoms with Crippen molar-refractivity contribution in [2.75, 3.05) is 25.2 Å². The molecule has 6 heteroatoms. The first kappa shape index (κ1) is 20.7. The van der Waals surface area contributed by atoms with E-state index >= 15 is 0 Å². The van der Waals surface area contributed by atoms with Crippen LogP contribution in [0, 0.1) is 5.92 Å². The number of amides is 2. The van der Waals surface area contributed by atoms with Crippen LogP contribution in [-0.4, -0.2) is 32.1 Å². The van der Waals surface area contributed by atoms with E-state index in [-0.39, 0.29) is 24.2 Å². The monoisotopic (exact) mass is 396 g/mol. The van der Waals surface area contributed by atoms with Crippen LogP contribution < -0.4 is 19.7 Å². The van der Waals surface area contributed by atoms with Gasteiger partial charge in [-0.05, 0) is 48.4 Å². The molecule has 1 saturated heterocycles. The average Bonchev–Trinajstić information content (AvgIpc) is 3.14. The summed E-state index contributed by atoms with van der Waals surface area (Å²) in [6.45, 7) is 3.62. The molecule has 29 heavy (non-hydrogen) atoms. The van der Waals surface area contributed by atoms with Crippen molar-refractivity contribution in [2.24, 2.45) is 5.92 Å². The van der Waals surface area contributed by atoms with Crippen molar-refractivity contribution in [2.45, 2.75) is 32.7 Å². The maximum Gasteiger partial charge on any atom is 0.227 e. The van der Waals surface area contributed by atoms with E-state index in [1.54, 1.807) is 12.0 Å². The lowest BCUT2D eigenvalue weighted by molar-refractivity contribution is -0.126. The van der Waals surface area contributed by atoms with E-state index < -0.39 is 0 Å². The quantitative estimate of drug-likeness (QED) is 0.659. The normalized spacial score (nSPS) is 16.0. The van der Waals surface area contributed by atoms with Gasteiger partial charge < -0.3 is 19.7 Å². The van der Waals surface area contributed by atoms with Crippen LogP contribution in [0.25, 0.3) is 0 Å². The molecule has 0 bridgehead atoms. The van der Waals surface area contributed by atoms with E-state index in [9.17, 15) is 9.59 Å². The third kappa shape index (κ3) is 5.50. The number of benzene rings is 2. The third-order valence-electron chi connectivity index (χ3n) is 5.01. The van der Waals surface area contributed by atoms with Gasteiger partial charge in [0.15, 0.2) is 0 Å². The summed E-state index contributed by atoms with van der Waals surface area (Å²) in [5.74, 6) is 1.05. The Balaban J connectivity index is 1.53. The second-order valence-corrected chi connectivity index (χ2v) is 7.17. The molecule has 1 heterocycles. The van der Waals surface area contributed by atoms with Gasteiger partial charge in [0.05, 0.1) is 19.6 Å². The summed E-state index contributed by atoms with van der Waals surface area (Å²) in [6.07, 6.45) is 2.32. The first-order valence-corrected chi connectivity index (χ1v) is 10.0. The van der Waals surface area contributed by atoms with E-state index in [0.717, 1.165) is 35.6 Å². The molecule has 1 N–H and O–H groups in total. The number of methoxy groups -OCH3 is 1. The molecule has 1 atom stereocenters. The number of hydrogen-bond donors (Lipinski definition) is 1. The topological polar surface area (TPSA) is 67.9 Å². The molecule has 1 fully saturated rings. The highest BCUT2D eigenvalue weighted by Gasteiger charge is 2.35. The zero-order valence-corrected chi connectivity index (χ0v) is 17.0. The van der Waals surface area contributed by atoms with E-state index in [1.807, 2.05) is 48.5 Å². The first-order chi connectivity index (χ1) is 14.1. The molecule has 6 nitrogen and oxygen atoms in total. The van der Waals surface area contributed by atoms with Gasteiger partial charge in [0.2, 0.25) is 11.8 Å². The molecule has 2 aromatic rings. The molecular formula is C23H28N2O4. The fourth-order valence-electron chi connectivity index (χ4n) is 3.31. The molecule has 154 valence electrons. The second kappa shape index (κ2) is 9.96. The molecule has 2 amide bonds. The van der Waals surface area contributed by atoms with Crippen LogP contribution in [0.1, 0.15) is 31.7 Å². The van der Waals surface area contributed by atoms with E-state index in [1.165, 1.54) is 0 Å². The van der Waals surface area contributed by atoms with Crippen molar-refractivity contribution >= 4 is 17.5 Å². The molecule has 3 rings (SSSR count). The standard InChI is InChI=1S/C23H28N2O4/c1-3-4-12-29-21-7-5-6-17(13-21)15-24-23(27)18-14-22(26)25(16-18)19-8-10-20(28-2)11-9-19/h5-11,13,18H,3-4,12,14-16H2,1-2H3,(H,24,27). The van der Waals surface area contributed by atoms with Crippen LogP contribution in [-0.2, 0) is 16.1 Å². The van der Waals surface area contributed by atoms with Gasteiger partial charge in [-0.3, -0.25) is 9.59 Å². The van der Waals surface area contributed by atoms with Crippen LogP contribution in [0.3, 0.4) is 0 Å². The van der Waals surface area contributed by atoms with E-state index in [4.69, 9.17) is 9.47 Å². The first-order valence-electron chi connectivity index (χ1n) is 10.0. The zero-order valence-electron chi connectivity index (χ0n) is 17.0. The molecule has 2 aromatic carbocycles. The summed E-state index contributed by atoms with van der Waals surface area (Å²) in [6, 6.07) is 15.0. The Morgan fingerprint density at radius 1 is 1.17 bits per heavy atom. The Hall–Kier alpha value is -3.02. The van der Waals surface area contributed by atoms with Crippen molar-refractivity contribution in [1.29, 1.82) is 0 Å². The maximum absolute atomic E-state index is 12.6. The number of carbonyl (C=O) groups excluding carboxylic acids is 2. The number of nitrogens with zero attached hydrogens (tertiary/aromatic N) is 1. The molecular weight excluding hydrogens is 368 g/mol. The minimum atomic E-state index is -0.353. The highest BCUT2D eigenvalue weighted by molar-refractivity contribution is 6.00. The molecule has 0 radical (unpaired) electrons. The predicted octanol–water partition coefficient (Wildman–Crippen LogP) is 3.54. The van der Waals surface area contributed by atoms with Crippen LogP contribution >= 0.6 is 0 Å². The fourth-order valence-corrected chi connectivity index (χ4v) is 3.31. The molecule has 0 aliphatic carbocycles. The molecule has 1 aliphatic heterocycles. The Labute approximate surface area is 171 Å². The lowest BCUT2D eigenvalue weighted by Crippen LogP contribution is -2.32. The van der Waals surface area contributed by atoms with Crippen LogP contribution in [0.4, 0.5) is 5.69 Å². The van der Waals surface area contributed by atoms with Gasteiger partial charge in [-0.2, -0.15) is 0 Å². The zero-order chi connectivity index (χ0) is 20.6. The SMILES string of the molecule is CCCCOc1cccc(CNC(=O)C2CC(=O)N(c3ccc(OC)cc3)C2)c1. The Kier molecular flexibility index (Phi) is 7.11. The summed E-state index contributed by atoms with van der Waals surface area (Å²) in [5.41, 5.74) is 1.76. The Bertz CT molecular complexity index is 835. The average molecular weight is 396 g/mol. The number of rotatable bonds is 9. The van der Waals surface area contributed by atoms with Crippen molar-refractivity contribution in [3.8, 4) is 11.5 Å². The van der Waals surface area contributed by atoms with Gasteiger partial charge in [-0.1, -0.05) is 25.5 Å². The summed E-state index contributed by atoms with van der Waals surface area (Å²) in [4.78, 5) is 26.6. The van der Waals surface area contributed by atoms with Crippen molar-refractivity contribution in [3.05, 3.63) is 54.1 Å². The van der Waals surface area contributed by atoms with Crippen molar-refractivity contribution in [3.63, 3.8) is 0 Å². The number of ether oxygens (including phenoxy) is 2. The summed E-state index contributed by atoms with van der Waals surface area (Å²) < 4.78 is 10.9. The van der Waals surface area contributed by atoms with Crippen LogP contribution in [0.2, 0.25) is 0 Å². The number of nitrogens with one attached hydrogen (secondary N) is 1. The second-order valence-electron chi connectivity index (χ2n) is 7.17. The summed E-state index contributed by atoms with van der Waals surface area (Å²) in [5, 5.41) is 2.95. The highest BCUT2D eigenvalue weighted by atomic mass is 16.5. The van der Waals surface area contributed by atoms with Gasteiger partial charge in [-0.25, -0.2) is 0 Å². The lowest BCUT2D eigenvalue weighted by Gasteiger charge is -2.17. The maximum atomic E-state index is 12.6. The van der Waals surface area contributed by atoms with Crippen molar-refractivity contribution < 1.29 is 19.1 Å². The van der Waals surface area contributed by atoms with E-state index in [2.05, 4.69) is 12.2 Å². The number of unbranched alkanes of at least 4 members (excludes halogenated alkanes) is 1. The van der Waals surface area contributed by atoms with Crippen molar-refractivity contribution in [1.82, 2.24) is 5.32 Å². The Morgan fingerprint density at radius 3 is 2.69 bits per heavy atom. The van der Waals surface area contributed by atoms with Crippen LogP contribution in [0.15, 0.2) is 48.5 Å². The molecule has 1 unspecified atom stereocenters. The Morgan fingerprint density at radius 2 is 1.97 bits per heavy atom. The van der Waals surface area contributed by atoms with Gasteiger partial charge in [0.25, 0.3) is 0 Å². The number of anilines is 1. The summed E-state index contributed by atoms with van der Waals surface area (Å²) >= 11 is 0. The number of hydrogen-bond acceptors (Lipinski definition) is 4. The third-order valence-corrected chi connectivity index (χ3v) is 5.01. The summed E-state index contributed by atoms with van der Waals surface area (Å²) in [7, 11) is 1.60. The molecule has 1 aliphatic rings. The van der Waals surface area contributed by atoms with Gasteiger partial charge in [-0.15, -0.1) is 0 Å². The van der Waals surface area contributed by atoms with E-state index in [0.29, 0.717) is 19.7 Å². The predicted molar refractivity (Wildman–Crippen MR) is 112 cm³/mol. The molecule has 0 aromatic heterocycles.